The van der Waals surface area contributed by atoms with E-state index in [1.807, 2.05) is 6.92 Å². The molecule has 0 radical (unpaired) electrons. The van der Waals surface area contributed by atoms with Gasteiger partial charge in [-0.1, -0.05) is 18.7 Å². The summed E-state index contributed by atoms with van der Waals surface area (Å²) in [6.45, 7) is 5.74. The van der Waals surface area contributed by atoms with Crippen LogP contribution in [0.2, 0.25) is 0 Å². The van der Waals surface area contributed by atoms with Crippen LogP contribution in [0.25, 0.3) is 0 Å². The Kier molecular flexibility index (Phi) is 3.66. The van der Waals surface area contributed by atoms with Gasteiger partial charge >= 0.3 is 0 Å². The molecule has 0 saturated carbocycles. The van der Waals surface area contributed by atoms with Crippen molar-refractivity contribution in [3.05, 3.63) is 59.2 Å². The smallest absolute Gasteiger partial charge is 0.202 e. The van der Waals surface area contributed by atoms with Gasteiger partial charge in [0.2, 0.25) is 5.78 Å². The lowest BCUT2D eigenvalue weighted by Crippen LogP contribution is -2.36. The summed E-state index contributed by atoms with van der Waals surface area (Å²) in [6.07, 6.45) is -2.19. The molecule has 6 heteroatoms. The minimum absolute atomic E-state index is 0.0303. The highest BCUT2D eigenvalue weighted by Crippen LogP contribution is 2.49. The fourth-order valence-corrected chi connectivity index (χ4v) is 3.38. The molecule has 0 saturated heterocycles. The van der Waals surface area contributed by atoms with Gasteiger partial charge in [-0.15, -0.1) is 0 Å². The molecule has 0 aromatic heterocycles. The van der Waals surface area contributed by atoms with Crippen LogP contribution in [0.4, 0.5) is 0 Å². The van der Waals surface area contributed by atoms with Crippen molar-refractivity contribution in [2.75, 3.05) is 0 Å². The van der Waals surface area contributed by atoms with Crippen LogP contribution in [0.1, 0.15) is 34.5 Å². The average Bonchev–Trinajstić information content (AvgIpc) is 3.02. The van der Waals surface area contributed by atoms with Gasteiger partial charge in [0.25, 0.3) is 0 Å². The second-order valence-corrected chi connectivity index (χ2v) is 6.67. The second kappa shape index (κ2) is 5.78. The minimum Gasteiger partial charge on any atom is -0.508 e. The third kappa shape index (κ3) is 2.42. The molecule has 0 bridgehead atoms. The van der Waals surface area contributed by atoms with Gasteiger partial charge in [0.1, 0.15) is 34.7 Å². The first kappa shape index (κ1) is 16.5. The molecule has 0 spiro atoms. The number of Topliss-reactive ketones (excluding diaryl/α,β-unsaturated/α-hetero) is 1. The first-order chi connectivity index (χ1) is 12.4. The number of benzene rings is 2. The predicted molar refractivity (Wildman–Crippen MR) is 92.9 cm³/mol. The van der Waals surface area contributed by atoms with Gasteiger partial charge in [-0.2, -0.15) is 0 Å². The predicted octanol–water partition coefficient (Wildman–Crippen LogP) is 2.65. The van der Waals surface area contributed by atoms with E-state index >= 15 is 0 Å². The molecule has 134 valence electrons. The average molecular weight is 354 g/mol. The number of carbonyl (C=O) groups is 1. The van der Waals surface area contributed by atoms with Crippen molar-refractivity contribution < 1.29 is 29.6 Å². The van der Waals surface area contributed by atoms with Crippen molar-refractivity contribution in [3.63, 3.8) is 0 Å². The van der Waals surface area contributed by atoms with Gasteiger partial charge in [-0.3, -0.25) is 4.79 Å². The molecule has 0 aliphatic carbocycles. The molecule has 3 atom stereocenters. The number of phenols is 2. The number of aromatic hydroxyl groups is 2. The van der Waals surface area contributed by atoms with Crippen LogP contribution in [-0.2, 0) is 6.42 Å². The maximum atomic E-state index is 12.7. The Morgan fingerprint density at radius 3 is 2.54 bits per heavy atom. The Bertz CT molecular complexity index is 915. The summed E-state index contributed by atoms with van der Waals surface area (Å²) in [7, 11) is 0. The third-order valence-electron chi connectivity index (χ3n) is 4.80. The van der Waals surface area contributed by atoms with Crippen LogP contribution < -0.4 is 9.47 Å². The van der Waals surface area contributed by atoms with Crippen LogP contribution in [0.3, 0.4) is 0 Å². The summed E-state index contributed by atoms with van der Waals surface area (Å²) in [5.74, 6) is -0.139. The monoisotopic (exact) mass is 354 g/mol. The normalized spacial score (nSPS) is 23.6. The highest BCUT2D eigenvalue weighted by Gasteiger charge is 2.42. The SMILES string of the molecule is C=C(C)[C@H]1Cc2c(cc(O)c3c2O[C@H](c2ccc(O)cc2)[C@@H](O)C3=O)O1. The molecule has 6 nitrogen and oxygen atoms in total. The molecule has 3 N–H and O–H groups in total. The number of carbonyl (C=O) groups excluding carboxylic acids is 1. The number of ketones is 1. The summed E-state index contributed by atoms with van der Waals surface area (Å²) in [5.41, 5.74) is 2.01. The quantitative estimate of drug-likeness (QED) is 0.718. The molecule has 4 rings (SSSR count). The maximum Gasteiger partial charge on any atom is 0.202 e. The second-order valence-electron chi connectivity index (χ2n) is 6.67. The lowest BCUT2D eigenvalue weighted by molar-refractivity contribution is 0.0208. The summed E-state index contributed by atoms with van der Waals surface area (Å²) >= 11 is 0. The fourth-order valence-electron chi connectivity index (χ4n) is 3.38. The van der Waals surface area contributed by atoms with E-state index in [0.717, 1.165) is 5.57 Å². The number of phenolic OH excluding ortho intramolecular Hbond substituents is 2. The van der Waals surface area contributed by atoms with E-state index in [4.69, 9.17) is 9.47 Å². The van der Waals surface area contributed by atoms with Crippen LogP contribution in [0, 0.1) is 0 Å². The molecule has 2 aromatic carbocycles. The Morgan fingerprint density at radius 2 is 1.88 bits per heavy atom. The van der Waals surface area contributed by atoms with Crippen molar-refractivity contribution in [1.82, 2.24) is 0 Å². The fraction of sp³-hybridized carbons (Fsp3) is 0.250. The standard InChI is InChI=1S/C20H18O6/c1-9(2)14-7-12-15(25-14)8-13(22)16-17(23)18(24)19(26-20(12)16)10-3-5-11(21)6-4-10/h3-6,8,14,18-19,21-22,24H,1,7H2,2H3/t14-,18+,19-/m1/s1. The van der Waals surface area contributed by atoms with E-state index in [9.17, 15) is 20.1 Å². The van der Waals surface area contributed by atoms with Crippen molar-refractivity contribution in [1.29, 1.82) is 0 Å². The lowest BCUT2D eigenvalue weighted by Gasteiger charge is -2.31. The number of aliphatic hydroxyl groups excluding tert-OH is 1. The van der Waals surface area contributed by atoms with Crippen molar-refractivity contribution in [3.8, 4) is 23.0 Å². The Hall–Kier alpha value is -2.99. The summed E-state index contributed by atoms with van der Waals surface area (Å²) in [4.78, 5) is 12.7. The summed E-state index contributed by atoms with van der Waals surface area (Å²) < 4.78 is 11.8. The third-order valence-corrected chi connectivity index (χ3v) is 4.80. The van der Waals surface area contributed by atoms with Crippen LogP contribution in [-0.4, -0.2) is 33.3 Å². The number of hydrogen-bond donors (Lipinski definition) is 3. The molecule has 0 unspecified atom stereocenters. The summed E-state index contributed by atoms with van der Waals surface area (Å²) in [6, 6.07) is 7.46. The Balaban J connectivity index is 1.81. The van der Waals surface area contributed by atoms with Gasteiger partial charge in [0.15, 0.2) is 12.2 Å². The molecular weight excluding hydrogens is 336 g/mol. The van der Waals surface area contributed by atoms with E-state index in [1.165, 1.54) is 18.2 Å². The van der Waals surface area contributed by atoms with Gasteiger partial charge in [-0.25, -0.2) is 0 Å². The number of ether oxygens (including phenoxy) is 2. The molecule has 2 aliphatic heterocycles. The van der Waals surface area contributed by atoms with E-state index in [0.29, 0.717) is 23.3 Å². The number of aliphatic hydroxyl groups is 1. The highest BCUT2D eigenvalue weighted by atomic mass is 16.5. The van der Waals surface area contributed by atoms with E-state index in [-0.39, 0.29) is 28.9 Å². The zero-order chi connectivity index (χ0) is 18.6. The highest BCUT2D eigenvalue weighted by molar-refractivity contribution is 6.06. The number of rotatable bonds is 2. The summed E-state index contributed by atoms with van der Waals surface area (Å²) in [5, 5.41) is 30.2. The maximum absolute atomic E-state index is 12.7. The zero-order valence-corrected chi connectivity index (χ0v) is 14.1. The largest absolute Gasteiger partial charge is 0.508 e. The molecule has 2 aromatic rings. The van der Waals surface area contributed by atoms with Crippen LogP contribution >= 0.6 is 0 Å². The lowest BCUT2D eigenvalue weighted by atomic mass is 9.90. The molecular formula is C20H18O6. The van der Waals surface area contributed by atoms with Crippen molar-refractivity contribution >= 4 is 5.78 Å². The Morgan fingerprint density at radius 1 is 1.19 bits per heavy atom. The molecule has 0 fully saturated rings. The van der Waals surface area contributed by atoms with E-state index < -0.39 is 18.0 Å². The van der Waals surface area contributed by atoms with Gasteiger partial charge in [-0.05, 0) is 30.2 Å². The topological polar surface area (TPSA) is 96.2 Å². The van der Waals surface area contributed by atoms with Gasteiger partial charge < -0.3 is 24.8 Å². The first-order valence-corrected chi connectivity index (χ1v) is 8.25. The minimum atomic E-state index is -1.46. The Labute approximate surface area is 149 Å². The zero-order valence-electron chi connectivity index (χ0n) is 14.1. The van der Waals surface area contributed by atoms with Crippen molar-refractivity contribution in [2.24, 2.45) is 0 Å². The van der Waals surface area contributed by atoms with Crippen LogP contribution in [0.5, 0.6) is 23.0 Å². The molecule has 0 amide bonds. The first-order valence-electron chi connectivity index (χ1n) is 8.25. The number of fused-ring (bicyclic) bond motifs is 3. The van der Waals surface area contributed by atoms with E-state index in [1.54, 1.807) is 12.1 Å². The molecule has 2 heterocycles. The number of hydrogen-bond acceptors (Lipinski definition) is 6. The van der Waals surface area contributed by atoms with Gasteiger partial charge in [0, 0.05) is 18.1 Å². The molecule has 2 aliphatic rings. The van der Waals surface area contributed by atoms with Crippen LogP contribution in [0.15, 0.2) is 42.5 Å². The molecule has 26 heavy (non-hydrogen) atoms. The van der Waals surface area contributed by atoms with Gasteiger partial charge in [0.05, 0.1) is 0 Å². The van der Waals surface area contributed by atoms with Crippen molar-refractivity contribution in [2.45, 2.75) is 31.7 Å². The van der Waals surface area contributed by atoms with E-state index in [2.05, 4.69) is 6.58 Å².